The fourth-order valence-corrected chi connectivity index (χ4v) is 3.06. The Labute approximate surface area is 121 Å². The van der Waals surface area contributed by atoms with Crippen LogP contribution in [0.5, 0.6) is 0 Å². The first-order valence-electron chi connectivity index (χ1n) is 6.90. The Bertz CT molecular complexity index is 759. The molecule has 0 fully saturated rings. The average Bonchev–Trinajstić information content (AvgIpc) is 3.00. The second-order valence-electron chi connectivity index (χ2n) is 5.41. The highest BCUT2D eigenvalue weighted by molar-refractivity contribution is 6.03. The van der Waals surface area contributed by atoms with Crippen molar-refractivity contribution in [1.82, 2.24) is 0 Å². The first-order chi connectivity index (χ1) is 10.1. The third-order valence-corrected chi connectivity index (χ3v) is 4.17. The van der Waals surface area contributed by atoms with E-state index in [1.165, 1.54) is 6.07 Å². The van der Waals surface area contributed by atoms with E-state index in [1.54, 1.807) is 6.07 Å². The summed E-state index contributed by atoms with van der Waals surface area (Å²) in [4.78, 5) is 13.7. The highest BCUT2D eigenvalue weighted by Gasteiger charge is 2.28. The van der Waals surface area contributed by atoms with Crippen LogP contribution in [-0.4, -0.2) is 12.5 Å². The van der Waals surface area contributed by atoms with E-state index in [1.807, 2.05) is 24.3 Å². The molecule has 2 heterocycles. The fourth-order valence-electron chi connectivity index (χ4n) is 3.06. The van der Waals surface area contributed by atoms with Crippen molar-refractivity contribution in [2.45, 2.75) is 12.5 Å². The number of anilines is 3. The first kappa shape index (κ1) is 12.3. The summed E-state index contributed by atoms with van der Waals surface area (Å²) >= 11 is 0. The van der Waals surface area contributed by atoms with Crippen LogP contribution in [0.25, 0.3) is 0 Å². The molecule has 4 rings (SSSR count). The van der Waals surface area contributed by atoms with Gasteiger partial charge in [-0.3, -0.25) is 4.79 Å². The van der Waals surface area contributed by atoms with Crippen LogP contribution in [0.15, 0.2) is 36.4 Å². The number of hydrogen-bond acceptors (Lipinski definition) is 3. The molecule has 0 saturated carbocycles. The fraction of sp³-hybridized carbons (Fsp3) is 0.188. The Morgan fingerprint density at radius 1 is 1.24 bits per heavy atom. The van der Waals surface area contributed by atoms with Crippen LogP contribution in [0.1, 0.15) is 17.2 Å². The molecule has 0 bridgehead atoms. The number of nitrogens with zero attached hydrogens (tertiary/aromatic N) is 1. The van der Waals surface area contributed by atoms with Crippen LogP contribution < -0.4 is 16.0 Å². The second kappa shape index (κ2) is 4.30. The van der Waals surface area contributed by atoms with Gasteiger partial charge in [0.15, 0.2) is 0 Å². The van der Waals surface area contributed by atoms with Gasteiger partial charge in [0, 0.05) is 29.2 Å². The summed E-state index contributed by atoms with van der Waals surface area (Å²) in [6.45, 7) is 0.803. The standard InChI is InChI=1S/C16H14FN3O/c17-10-2-1-9-5-6-20(14(9)7-10)11-3-4-12-13(8-11)19-16(21)15(12)18/h1-4,7-8,15H,5-6,18H2,(H,19,21). The minimum absolute atomic E-state index is 0.185. The molecule has 0 spiro atoms. The first-order valence-corrected chi connectivity index (χ1v) is 6.90. The molecule has 2 aliphatic rings. The third kappa shape index (κ3) is 1.81. The molecule has 0 aromatic heterocycles. The Hall–Kier alpha value is -2.40. The van der Waals surface area contributed by atoms with Crippen molar-refractivity contribution in [3.63, 3.8) is 0 Å². The van der Waals surface area contributed by atoms with E-state index < -0.39 is 6.04 Å². The number of nitrogens with two attached hydrogens (primary N) is 1. The quantitative estimate of drug-likeness (QED) is 0.845. The zero-order valence-electron chi connectivity index (χ0n) is 11.3. The number of halogens is 1. The molecule has 4 nitrogen and oxygen atoms in total. The lowest BCUT2D eigenvalue weighted by molar-refractivity contribution is -0.116. The van der Waals surface area contributed by atoms with E-state index in [0.29, 0.717) is 0 Å². The van der Waals surface area contributed by atoms with Gasteiger partial charge in [0.05, 0.1) is 0 Å². The molecule has 106 valence electrons. The lowest BCUT2D eigenvalue weighted by Gasteiger charge is -2.20. The van der Waals surface area contributed by atoms with Crippen LogP contribution in [0.2, 0.25) is 0 Å². The summed E-state index contributed by atoms with van der Waals surface area (Å²) < 4.78 is 13.5. The van der Waals surface area contributed by atoms with Gasteiger partial charge in [-0.05, 0) is 36.2 Å². The summed E-state index contributed by atoms with van der Waals surface area (Å²) in [5.74, 6) is -0.424. The molecule has 0 radical (unpaired) electrons. The topological polar surface area (TPSA) is 58.4 Å². The zero-order chi connectivity index (χ0) is 14.6. The number of benzene rings is 2. The van der Waals surface area contributed by atoms with E-state index in [0.717, 1.165) is 41.2 Å². The minimum atomic E-state index is -0.600. The highest BCUT2D eigenvalue weighted by Crippen LogP contribution is 2.39. The summed E-state index contributed by atoms with van der Waals surface area (Å²) in [5.41, 5.74) is 10.3. The average molecular weight is 283 g/mol. The predicted molar refractivity (Wildman–Crippen MR) is 79.1 cm³/mol. The molecular formula is C16H14FN3O. The molecule has 1 unspecified atom stereocenters. The summed E-state index contributed by atoms with van der Waals surface area (Å²) in [7, 11) is 0. The van der Waals surface area contributed by atoms with Crippen molar-refractivity contribution in [1.29, 1.82) is 0 Å². The maximum absolute atomic E-state index is 13.5. The smallest absolute Gasteiger partial charge is 0.245 e. The predicted octanol–water partition coefficient (Wildman–Crippen LogP) is 2.47. The molecule has 2 aliphatic heterocycles. The number of fused-ring (bicyclic) bond motifs is 2. The van der Waals surface area contributed by atoms with Crippen molar-refractivity contribution >= 4 is 23.0 Å². The Morgan fingerprint density at radius 2 is 2.10 bits per heavy atom. The van der Waals surface area contributed by atoms with Gasteiger partial charge < -0.3 is 16.0 Å². The highest BCUT2D eigenvalue weighted by atomic mass is 19.1. The van der Waals surface area contributed by atoms with E-state index >= 15 is 0 Å². The molecule has 1 amide bonds. The third-order valence-electron chi connectivity index (χ3n) is 4.17. The Balaban J connectivity index is 1.76. The Morgan fingerprint density at radius 3 is 2.95 bits per heavy atom. The van der Waals surface area contributed by atoms with Gasteiger partial charge >= 0.3 is 0 Å². The molecule has 2 aromatic carbocycles. The molecule has 3 N–H and O–H groups in total. The van der Waals surface area contributed by atoms with Crippen molar-refractivity contribution in [3.05, 3.63) is 53.3 Å². The SMILES string of the molecule is NC1C(=O)Nc2cc(N3CCc4ccc(F)cc43)ccc21. The van der Waals surface area contributed by atoms with Crippen LogP contribution >= 0.6 is 0 Å². The molecule has 1 atom stereocenters. The second-order valence-corrected chi connectivity index (χ2v) is 5.41. The largest absolute Gasteiger partial charge is 0.341 e. The molecule has 2 aromatic rings. The van der Waals surface area contributed by atoms with Crippen molar-refractivity contribution < 1.29 is 9.18 Å². The maximum atomic E-state index is 13.5. The molecular weight excluding hydrogens is 269 g/mol. The number of rotatable bonds is 1. The maximum Gasteiger partial charge on any atom is 0.245 e. The van der Waals surface area contributed by atoms with Crippen LogP contribution in [-0.2, 0) is 11.2 Å². The van der Waals surface area contributed by atoms with E-state index in [9.17, 15) is 9.18 Å². The van der Waals surface area contributed by atoms with Crippen molar-refractivity contribution in [3.8, 4) is 0 Å². The molecule has 21 heavy (non-hydrogen) atoms. The number of carbonyl (C=O) groups is 1. The lowest BCUT2D eigenvalue weighted by atomic mass is 10.1. The van der Waals surface area contributed by atoms with Gasteiger partial charge in [-0.2, -0.15) is 0 Å². The number of carbonyl (C=O) groups excluding carboxylic acids is 1. The Kier molecular flexibility index (Phi) is 2.53. The van der Waals surface area contributed by atoms with Gasteiger partial charge in [-0.15, -0.1) is 0 Å². The van der Waals surface area contributed by atoms with Crippen molar-refractivity contribution in [2.24, 2.45) is 5.73 Å². The molecule has 0 aliphatic carbocycles. The van der Waals surface area contributed by atoms with E-state index in [-0.39, 0.29) is 11.7 Å². The number of hydrogen-bond donors (Lipinski definition) is 2. The summed E-state index contributed by atoms with van der Waals surface area (Å²) in [6, 6.07) is 9.97. The molecule has 5 heteroatoms. The number of amides is 1. The van der Waals surface area contributed by atoms with Gasteiger partial charge in [0.25, 0.3) is 0 Å². The van der Waals surface area contributed by atoms with Crippen LogP contribution in [0.3, 0.4) is 0 Å². The van der Waals surface area contributed by atoms with Crippen LogP contribution in [0.4, 0.5) is 21.5 Å². The normalized spacial score (nSPS) is 19.4. The van der Waals surface area contributed by atoms with E-state index in [2.05, 4.69) is 10.2 Å². The van der Waals surface area contributed by atoms with E-state index in [4.69, 9.17) is 5.73 Å². The minimum Gasteiger partial charge on any atom is -0.341 e. The van der Waals surface area contributed by atoms with Crippen molar-refractivity contribution in [2.75, 3.05) is 16.8 Å². The van der Waals surface area contributed by atoms with Gasteiger partial charge in [0.2, 0.25) is 5.91 Å². The van der Waals surface area contributed by atoms with Gasteiger partial charge in [-0.1, -0.05) is 12.1 Å². The van der Waals surface area contributed by atoms with Crippen LogP contribution in [0, 0.1) is 5.82 Å². The van der Waals surface area contributed by atoms with Gasteiger partial charge in [-0.25, -0.2) is 4.39 Å². The lowest BCUT2D eigenvalue weighted by Crippen LogP contribution is -2.19. The summed E-state index contributed by atoms with van der Waals surface area (Å²) in [6.07, 6.45) is 0.887. The number of nitrogens with one attached hydrogen (secondary N) is 1. The van der Waals surface area contributed by atoms with Gasteiger partial charge in [0.1, 0.15) is 11.9 Å². The summed E-state index contributed by atoms with van der Waals surface area (Å²) in [5, 5.41) is 2.78. The molecule has 0 saturated heterocycles. The zero-order valence-corrected chi connectivity index (χ0v) is 11.3. The monoisotopic (exact) mass is 283 g/mol.